The van der Waals surface area contributed by atoms with Gasteiger partial charge in [-0.2, -0.15) is 5.10 Å². The van der Waals surface area contributed by atoms with E-state index in [4.69, 9.17) is 5.73 Å². The first-order valence-corrected chi connectivity index (χ1v) is 4.79. The van der Waals surface area contributed by atoms with E-state index in [0.29, 0.717) is 24.3 Å². The summed E-state index contributed by atoms with van der Waals surface area (Å²) in [6, 6.07) is 4.93. The third-order valence-electron chi connectivity index (χ3n) is 2.26. The van der Waals surface area contributed by atoms with Crippen molar-refractivity contribution in [2.45, 2.75) is 0 Å². The fourth-order valence-electron chi connectivity index (χ4n) is 1.59. The third-order valence-corrected chi connectivity index (χ3v) is 2.26. The van der Waals surface area contributed by atoms with Crippen molar-refractivity contribution in [2.24, 2.45) is 12.8 Å². The number of aromatic nitrogens is 2. The highest BCUT2D eigenvalue weighted by Gasteiger charge is 2.11. The average Bonchev–Trinajstić information content (AvgIpc) is 2.55. The molecule has 0 radical (unpaired) electrons. The molecule has 0 bridgehead atoms. The van der Waals surface area contributed by atoms with Crippen molar-refractivity contribution >= 4 is 16.7 Å². The Balaban J connectivity index is 2.54. The number of hydrogen-bond acceptors (Lipinski definition) is 3. The van der Waals surface area contributed by atoms with Gasteiger partial charge in [-0.15, -0.1) is 0 Å². The Morgan fingerprint density at radius 1 is 1.53 bits per heavy atom. The van der Waals surface area contributed by atoms with E-state index < -0.39 is 0 Å². The number of hydrogen-bond donors (Lipinski definition) is 2. The van der Waals surface area contributed by atoms with Gasteiger partial charge < -0.3 is 11.1 Å². The summed E-state index contributed by atoms with van der Waals surface area (Å²) in [5.74, 6) is 0.288. The normalized spacial score (nSPS) is 10.9. The molecule has 2 aromatic rings. The molecular weight excluding hydrogens is 195 g/mol. The van der Waals surface area contributed by atoms with Gasteiger partial charge in [0.15, 0.2) is 5.82 Å². The van der Waals surface area contributed by atoms with Crippen LogP contribution in [-0.2, 0) is 7.05 Å². The van der Waals surface area contributed by atoms with Gasteiger partial charge in [-0.1, -0.05) is 6.07 Å². The second kappa shape index (κ2) is 3.86. The zero-order valence-corrected chi connectivity index (χ0v) is 8.50. The van der Waals surface area contributed by atoms with Gasteiger partial charge in [-0.25, -0.2) is 4.39 Å². The molecule has 80 valence electrons. The summed E-state index contributed by atoms with van der Waals surface area (Å²) in [5, 5.41) is 7.72. The number of rotatable bonds is 3. The molecule has 0 saturated heterocycles. The molecule has 15 heavy (non-hydrogen) atoms. The number of fused-ring (bicyclic) bond motifs is 1. The molecule has 0 unspecified atom stereocenters. The Labute approximate surface area is 86.9 Å². The lowest BCUT2D eigenvalue weighted by molar-refractivity contribution is 0.640. The van der Waals surface area contributed by atoms with Crippen molar-refractivity contribution in [3.05, 3.63) is 24.0 Å². The molecule has 4 nitrogen and oxygen atoms in total. The Hall–Kier alpha value is -1.62. The molecule has 0 aliphatic rings. The number of aryl methyl sites for hydroxylation is 1. The number of nitrogens with zero attached hydrogens (tertiary/aromatic N) is 2. The van der Waals surface area contributed by atoms with Crippen molar-refractivity contribution in [3.8, 4) is 0 Å². The third kappa shape index (κ3) is 1.66. The van der Waals surface area contributed by atoms with E-state index in [1.165, 1.54) is 6.07 Å². The SMILES string of the molecule is Cn1nc(NCCN)c2c(F)cccc21. The Morgan fingerprint density at radius 3 is 3.07 bits per heavy atom. The monoisotopic (exact) mass is 208 g/mol. The predicted octanol–water partition coefficient (Wildman–Crippen LogP) is 1.08. The molecule has 0 fully saturated rings. The van der Waals surface area contributed by atoms with Crippen molar-refractivity contribution in [3.63, 3.8) is 0 Å². The van der Waals surface area contributed by atoms with E-state index in [1.54, 1.807) is 17.8 Å². The highest BCUT2D eigenvalue weighted by molar-refractivity contribution is 5.90. The lowest BCUT2D eigenvalue weighted by Crippen LogP contribution is -2.13. The van der Waals surface area contributed by atoms with Crippen LogP contribution in [0, 0.1) is 5.82 Å². The summed E-state index contributed by atoms with van der Waals surface area (Å²) >= 11 is 0. The minimum atomic E-state index is -0.264. The Kier molecular flexibility index (Phi) is 2.55. The first-order chi connectivity index (χ1) is 7.24. The van der Waals surface area contributed by atoms with Crippen LogP contribution >= 0.6 is 0 Å². The number of nitrogens with one attached hydrogen (secondary N) is 1. The summed E-state index contributed by atoms with van der Waals surface area (Å²) in [6.07, 6.45) is 0. The highest BCUT2D eigenvalue weighted by atomic mass is 19.1. The van der Waals surface area contributed by atoms with E-state index >= 15 is 0 Å². The molecule has 0 atom stereocenters. The summed E-state index contributed by atoms with van der Waals surface area (Å²) in [6.45, 7) is 1.08. The van der Waals surface area contributed by atoms with Gasteiger partial charge in [0.25, 0.3) is 0 Å². The summed E-state index contributed by atoms with van der Waals surface area (Å²) in [5.41, 5.74) is 6.15. The van der Waals surface area contributed by atoms with Crippen LogP contribution in [0.25, 0.3) is 10.9 Å². The van der Waals surface area contributed by atoms with Crippen molar-refractivity contribution in [1.82, 2.24) is 9.78 Å². The van der Waals surface area contributed by atoms with E-state index in [1.807, 2.05) is 6.07 Å². The molecule has 0 amide bonds. The minimum Gasteiger partial charge on any atom is -0.367 e. The van der Waals surface area contributed by atoms with Crippen LogP contribution in [0.5, 0.6) is 0 Å². The number of benzene rings is 1. The predicted molar refractivity (Wildman–Crippen MR) is 58.2 cm³/mol. The second-order valence-electron chi connectivity index (χ2n) is 3.32. The summed E-state index contributed by atoms with van der Waals surface area (Å²) in [7, 11) is 1.79. The smallest absolute Gasteiger partial charge is 0.158 e. The summed E-state index contributed by atoms with van der Waals surface area (Å²) < 4.78 is 15.2. The van der Waals surface area contributed by atoms with E-state index in [-0.39, 0.29) is 5.82 Å². The first-order valence-electron chi connectivity index (χ1n) is 4.79. The fourth-order valence-corrected chi connectivity index (χ4v) is 1.59. The molecule has 5 heteroatoms. The molecule has 1 heterocycles. The maximum atomic E-state index is 13.6. The molecule has 2 rings (SSSR count). The number of halogens is 1. The molecule has 0 aliphatic heterocycles. The van der Waals surface area contributed by atoms with Crippen LogP contribution < -0.4 is 11.1 Å². The Bertz CT molecular complexity index is 477. The van der Waals surface area contributed by atoms with Gasteiger partial charge in [-0.05, 0) is 12.1 Å². The number of anilines is 1. The standard InChI is InChI=1S/C10H13FN4/c1-15-8-4-2-3-7(11)9(8)10(14-15)13-6-5-12/h2-4H,5-6,12H2,1H3,(H,13,14). The van der Waals surface area contributed by atoms with Gasteiger partial charge in [0, 0.05) is 20.1 Å². The van der Waals surface area contributed by atoms with Crippen molar-refractivity contribution in [2.75, 3.05) is 18.4 Å². The zero-order chi connectivity index (χ0) is 10.8. The van der Waals surface area contributed by atoms with Crippen LogP contribution in [0.1, 0.15) is 0 Å². The maximum Gasteiger partial charge on any atom is 0.158 e. The quantitative estimate of drug-likeness (QED) is 0.793. The van der Waals surface area contributed by atoms with Crippen LogP contribution in [0.4, 0.5) is 10.2 Å². The fraction of sp³-hybridized carbons (Fsp3) is 0.300. The van der Waals surface area contributed by atoms with E-state index in [2.05, 4.69) is 10.4 Å². The van der Waals surface area contributed by atoms with Gasteiger partial charge in [0.2, 0.25) is 0 Å². The van der Waals surface area contributed by atoms with Crippen molar-refractivity contribution in [1.29, 1.82) is 0 Å². The first kappa shape index (κ1) is 9.92. The molecule has 0 saturated carbocycles. The minimum absolute atomic E-state index is 0.264. The molecule has 0 spiro atoms. The second-order valence-corrected chi connectivity index (χ2v) is 3.32. The molecule has 3 N–H and O–H groups in total. The van der Waals surface area contributed by atoms with Gasteiger partial charge >= 0.3 is 0 Å². The number of nitrogens with two attached hydrogens (primary N) is 1. The Morgan fingerprint density at radius 2 is 2.33 bits per heavy atom. The van der Waals surface area contributed by atoms with Crippen LogP contribution in [0.15, 0.2) is 18.2 Å². The van der Waals surface area contributed by atoms with E-state index in [0.717, 1.165) is 5.52 Å². The van der Waals surface area contributed by atoms with E-state index in [9.17, 15) is 4.39 Å². The van der Waals surface area contributed by atoms with Gasteiger partial charge in [0.05, 0.1) is 10.9 Å². The molecule has 1 aromatic carbocycles. The van der Waals surface area contributed by atoms with Crippen LogP contribution in [0.3, 0.4) is 0 Å². The summed E-state index contributed by atoms with van der Waals surface area (Å²) in [4.78, 5) is 0. The van der Waals surface area contributed by atoms with Gasteiger partial charge in [0.1, 0.15) is 5.82 Å². The highest BCUT2D eigenvalue weighted by Crippen LogP contribution is 2.24. The lowest BCUT2D eigenvalue weighted by Gasteiger charge is -2.00. The lowest BCUT2D eigenvalue weighted by atomic mass is 10.2. The topological polar surface area (TPSA) is 55.9 Å². The average molecular weight is 208 g/mol. The molecular formula is C10H13FN4. The van der Waals surface area contributed by atoms with Crippen LogP contribution in [0.2, 0.25) is 0 Å². The maximum absolute atomic E-state index is 13.6. The molecule has 1 aromatic heterocycles. The molecule has 0 aliphatic carbocycles. The zero-order valence-electron chi connectivity index (χ0n) is 8.50. The van der Waals surface area contributed by atoms with Crippen LogP contribution in [-0.4, -0.2) is 22.9 Å². The van der Waals surface area contributed by atoms with Gasteiger partial charge in [-0.3, -0.25) is 4.68 Å². The van der Waals surface area contributed by atoms with Crippen molar-refractivity contribution < 1.29 is 4.39 Å². The largest absolute Gasteiger partial charge is 0.367 e.